The minimum absolute atomic E-state index is 0.305. The molecule has 0 bridgehead atoms. The molecule has 3 nitrogen and oxygen atoms in total. The number of rotatable bonds is 12. The minimum Gasteiger partial charge on any atom is -0.491 e. The lowest BCUT2D eigenvalue weighted by Crippen LogP contribution is -2.18. The highest BCUT2D eigenvalue weighted by Crippen LogP contribution is 2.30. The molecule has 0 amide bonds. The molecule has 0 fully saturated rings. The molecule has 0 spiro atoms. The molecular formula is C27H35NO2. The summed E-state index contributed by atoms with van der Waals surface area (Å²) in [5.41, 5.74) is 2.58. The third-order valence-corrected chi connectivity index (χ3v) is 5.89. The van der Waals surface area contributed by atoms with Crippen molar-refractivity contribution in [1.82, 2.24) is 4.98 Å². The predicted molar refractivity (Wildman–Crippen MR) is 125 cm³/mol. The molecule has 1 heterocycles. The Labute approximate surface area is 181 Å². The molecule has 30 heavy (non-hydrogen) atoms. The fraction of sp³-hybridized carbons (Fsp3) is 0.444. The van der Waals surface area contributed by atoms with Crippen molar-refractivity contribution in [1.29, 1.82) is 0 Å². The Morgan fingerprint density at radius 3 is 2.57 bits per heavy atom. The van der Waals surface area contributed by atoms with E-state index in [2.05, 4.69) is 49.2 Å². The van der Waals surface area contributed by atoms with Gasteiger partial charge in [0.15, 0.2) is 0 Å². The van der Waals surface area contributed by atoms with Gasteiger partial charge in [0.2, 0.25) is 0 Å². The molecule has 0 aliphatic heterocycles. The molecule has 2 aromatic carbocycles. The molecule has 0 aliphatic carbocycles. The topological polar surface area (TPSA) is 42.4 Å². The summed E-state index contributed by atoms with van der Waals surface area (Å²) in [4.78, 5) is 4.11. The quantitative estimate of drug-likeness (QED) is 0.342. The fourth-order valence-electron chi connectivity index (χ4n) is 3.99. The number of aliphatic hydroxyl groups is 1. The highest BCUT2D eigenvalue weighted by atomic mass is 16.5. The molecule has 2 atom stereocenters. The average Bonchev–Trinajstić information content (AvgIpc) is 2.79. The van der Waals surface area contributed by atoms with Crippen molar-refractivity contribution in [2.45, 2.75) is 70.8 Å². The molecule has 0 aliphatic rings. The summed E-state index contributed by atoms with van der Waals surface area (Å²) in [6.07, 6.45) is 10.9. The van der Waals surface area contributed by atoms with E-state index in [0.717, 1.165) is 17.7 Å². The number of aliphatic hydroxyl groups excluding tert-OH is 1. The standard InChI is InChI=1S/C27H35NO2/c1-3-5-6-9-22(4-2)23-11-12-25-18-27(15-13-24(25)17-23)30-20-26(29)14-10-21-8-7-16-28-19-21/h7-8,11-13,15-19,22,26,29H,3-6,9-10,14,20H2,1-2H3. The molecule has 1 N–H and O–H groups in total. The smallest absolute Gasteiger partial charge is 0.120 e. The van der Waals surface area contributed by atoms with E-state index in [4.69, 9.17) is 4.74 Å². The first-order chi connectivity index (χ1) is 14.7. The Balaban J connectivity index is 1.56. The van der Waals surface area contributed by atoms with Crippen molar-refractivity contribution in [2.75, 3.05) is 6.61 Å². The van der Waals surface area contributed by atoms with Crippen LogP contribution in [0, 0.1) is 0 Å². The van der Waals surface area contributed by atoms with Crippen molar-refractivity contribution in [3.8, 4) is 5.75 Å². The lowest BCUT2D eigenvalue weighted by atomic mass is 9.89. The zero-order valence-corrected chi connectivity index (χ0v) is 18.4. The largest absolute Gasteiger partial charge is 0.491 e. The van der Waals surface area contributed by atoms with E-state index in [1.807, 2.05) is 24.4 Å². The molecule has 2 unspecified atom stereocenters. The van der Waals surface area contributed by atoms with Gasteiger partial charge in [-0.25, -0.2) is 0 Å². The molecule has 1 aromatic heterocycles. The van der Waals surface area contributed by atoms with Crippen LogP contribution in [-0.2, 0) is 6.42 Å². The van der Waals surface area contributed by atoms with Crippen LogP contribution >= 0.6 is 0 Å². The second-order valence-electron chi connectivity index (χ2n) is 8.23. The van der Waals surface area contributed by atoms with E-state index in [1.165, 1.54) is 48.4 Å². The van der Waals surface area contributed by atoms with E-state index in [0.29, 0.717) is 18.9 Å². The summed E-state index contributed by atoms with van der Waals surface area (Å²) in [5, 5.41) is 12.7. The highest BCUT2D eigenvalue weighted by Gasteiger charge is 2.11. The van der Waals surface area contributed by atoms with Crippen LogP contribution < -0.4 is 4.74 Å². The molecule has 3 rings (SSSR count). The summed E-state index contributed by atoms with van der Waals surface area (Å²) in [7, 11) is 0. The number of unbranched alkanes of at least 4 members (excludes halogenated alkanes) is 2. The monoisotopic (exact) mass is 405 g/mol. The Bertz CT molecular complexity index is 894. The lowest BCUT2D eigenvalue weighted by Gasteiger charge is -2.16. The summed E-state index contributed by atoms with van der Waals surface area (Å²) >= 11 is 0. The van der Waals surface area contributed by atoms with Gasteiger partial charge in [-0.05, 0) is 71.7 Å². The van der Waals surface area contributed by atoms with E-state index in [-0.39, 0.29) is 0 Å². The Morgan fingerprint density at radius 1 is 0.967 bits per heavy atom. The molecule has 0 saturated carbocycles. The Kier molecular flexibility index (Phi) is 8.70. The summed E-state index contributed by atoms with van der Waals surface area (Å²) < 4.78 is 5.86. The maximum Gasteiger partial charge on any atom is 0.120 e. The van der Waals surface area contributed by atoms with Crippen LogP contribution in [0.3, 0.4) is 0 Å². The van der Waals surface area contributed by atoms with Gasteiger partial charge in [0.25, 0.3) is 0 Å². The maximum absolute atomic E-state index is 10.3. The first-order valence-corrected chi connectivity index (χ1v) is 11.4. The van der Waals surface area contributed by atoms with Crippen LogP contribution in [0.1, 0.15) is 69.4 Å². The second kappa shape index (κ2) is 11.7. The van der Waals surface area contributed by atoms with Gasteiger partial charge in [-0.3, -0.25) is 4.98 Å². The zero-order chi connectivity index (χ0) is 21.2. The summed E-state index contributed by atoms with van der Waals surface area (Å²) in [5.74, 6) is 1.46. The Morgan fingerprint density at radius 2 is 1.80 bits per heavy atom. The summed E-state index contributed by atoms with van der Waals surface area (Å²) in [6.45, 7) is 4.85. The first-order valence-electron chi connectivity index (χ1n) is 11.4. The molecule has 0 radical (unpaired) electrons. The number of benzene rings is 2. The van der Waals surface area contributed by atoms with Gasteiger partial charge in [0.1, 0.15) is 12.4 Å². The van der Waals surface area contributed by atoms with Crippen molar-refractivity contribution >= 4 is 10.8 Å². The number of pyridine rings is 1. The van der Waals surface area contributed by atoms with Crippen molar-refractivity contribution in [3.05, 3.63) is 72.1 Å². The van der Waals surface area contributed by atoms with Gasteiger partial charge in [-0.15, -0.1) is 0 Å². The number of fused-ring (bicyclic) bond motifs is 1. The van der Waals surface area contributed by atoms with E-state index in [1.54, 1.807) is 6.20 Å². The van der Waals surface area contributed by atoms with Crippen LogP contribution in [-0.4, -0.2) is 22.8 Å². The molecule has 3 heteroatoms. The van der Waals surface area contributed by atoms with Crippen LogP contribution in [0.15, 0.2) is 60.9 Å². The van der Waals surface area contributed by atoms with Gasteiger partial charge in [0, 0.05) is 12.4 Å². The fourth-order valence-corrected chi connectivity index (χ4v) is 3.99. The third kappa shape index (κ3) is 6.56. The Hall–Kier alpha value is -2.39. The van der Waals surface area contributed by atoms with Crippen LogP contribution in [0.4, 0.5) is 0 Å². The number of nitrogens with zero attached hydrogens (tertiary/aromatic N) is 1. The normalized spacial score (nSPS) is 13.3. The van der Waals surface area contributed by atoms with Crippen LogP contribution in [0.2, 0.25) is 0 Å². The van der Waals surface area contributed by atoms with Crippen molar-refractivity contribution in [2.24, 2.45) is 0 Å². The molecule has 160 valence electrons. The molecule has 3 aromatic rings. The molecular weight excluding hydrogens is 370 g/mol. The van der Waals surface area contributed by atoms with Gasteiger partial charge in [-0.2, -0.15) is 0 Å². The number of aromatic nitrogens is 1. The van der Waals surface area contributed by atoms with Crippen molar-refractivity contribution in [3.63, 3.8) is 0 Å². The van der Waals surface area contributed by atoms with E-state index < -0.39 is 6.10 Å². The van der Waals surface area contributed by atoms with Crippen LogP contribution in [0.25, 0.3) is 10.8 Å². The van der Waals surface area contributed by atoms with Gasteiger partial charge < -0.3 is 9.84 Å². The highest BCUT2D eigenvalue weighted by molar-refractivity contribution is 5.84. The average molecular weight is 406 g/mol. The van der Waals surface area contributed by atoms with Crippen molar-refractivity contribution < 1.29 is 9.84 Å². The van der Waals surface area contributed by atoms with Crippen LogP contribution in [0.5, 0.6) is 5.75 Å². The maximum atomic E-state index is 10.3. The van der Waals surface area contributed by atoms with Gasteiger partial charge in [-0.1, -0.05) is 63.4 Å². The zero-order valence-electron chi connectivity index (χ0n) is 18.4. The summed E-state index contributed by atoms with van der Waals surface area (Å²) in [6, 6.07) is 17.0. The second-order valence-corrected chi connectivity index (χ2v) is 8.23. The van der Waals surface area contributed by atoms with E-state index in [9.17, 15) is 5.11 Å². The van der Waals surface area contributed by atoms with Gasteiger partial charge in [0.05, 0.1) is 6.10 Å². The third-order valence-electron chi connectivity index (χ3n) is 5.89. The van der Waals surface area contributed by atoms with E-state index >= 15 is 0 Å². The number of hydrogen-bond donors (Lipinski definition) is 1. The first kappa shape index (κ1) is 22.3. The SMILES string of the molecule is CCCCCC(CC)c1ccc2cc(OCC(O)CCc3cccnc3)ccc2c1. The predicted octanol–water partition coefficient (Wildman–Crippen LogP) is 6.68. The number of hydrogen-bond acceptors (Lipinski definition) is 3. The minimum atomic E-state index is -0.489. The number of aryl methyl sites for hydroxylation is 1. The molecule has 0 saturated heterocycles. The number of ether oxygens (including phenoxy) is 1. The lowest BCUT2D eigenvalue weighted by molar-refractivity contribution is 0.100. The van der Waals surface area contributed by atoms with Gasteiger partial charge >= 0.3 is 0 Å².